The van der Waals surface area contributed by atoms with E-state index in [2.05, 4.69) is 38.5 Å². The van der Waals surface area contributed by atoms with Crippen molar-refractivity contribution in [3.63, 3.8) is 0 Å². The van der Waals surface area contributed by atoms with Crippen molar-refractivity contribution >= 4 is 17.2 Å². The van der Waals surface area contributed by atoms with Gasteiger partial charge in [-0.05, 0) is 47.2 Å². The summed E-state index contributed by atoms with van der Waals surface area (Å²) in [6, 6.07) is 11.6. The van der Waals surface area contributed by atoms with E-state index in [1.165, 1.54) is 4.63 Å². The van der Waals surface area contributed by atoms with Crippen LogP contribution in [0.25, 0.3) is 5.65 Å². The quantitative estimate of drug-likeness (QED) is 0.715. The van der Waals surface area contributed by atoms with Crippen LogP contribution in [0.15, 0.2) is 36.4 Å². The van der Waals surface area contributed by atoms with Gasteiger partial charge >= 0.3 is 0 Å². The lowest BCUT2D eigenvalue weighted by Gasteiger charge is -2.21. The number of aromatic nitrogens is 5. The Morgan fingerprint density at radius 1 is 1.25 bits per heavy atom. The predicted octanol–water partition coefficient (Wildman–Crippen LogP) is 1.13. The fourth-order valence-corrected chi connectivity index (χ4v) is 2.08. The second-order valence-corrected chi connectivity index (χ2v) is 4.48. The van der Waals surface area contributed by atoms with Gasteiger partial charge in [-0.25, -0.2) is 0 Å². The van der Waals surface area contributed by atoms with E-state index < -0.39 is 0 Å². The van der Waals surface area contributed by atoms with Crippen molar-refractivity contribution in [2.75, 3.05) is 17.2 Å². The highest BCUT2D eigenvalue weighted by Gasteiger charge is 2.09. The van der Waals surface area contributed by atoms with Crippen molar-refractivity contribution in [2.24, 2.45) is 0 Å². The van der Waals surface area contributed by atoms with Crippen LogP contribution in [0.3, 0.4) is 0 Å². The van der Waals surface area contributed by atoms with Crippen LogP contribution in [0, 0.1) is 0 Å². The first-order chi connectivity index (χ1) is 9.76. The van der Waals surface area contributed by atoms with Crippen molar-refractivity contribution in [3.8, 4) is 0 Å². The average molecular weight is 269 g/mol. The van der Waals surface area contributed by atoms with Crippen LogP contribution in [0.5, 0.6) is 0 Å². The Morgan fingerprint density at radius 2 is 2.15 bits per heavy atom. The molecule has 3 aromatic rings. The lowest BCUT2D eigenvalue weighted by atomic mass is 10.2. The molecule has 1 aromatic carbocycles. The van der Waals surface area contributed by atoms with E-state index in [0.29, 0.717) is 5.65 Å². The summed E-state index contributed by atoms with van der Waals surface area (Å²) in [6.07, 6.45) is 0. The Morgan fingerprint density at radius 3 is 2.95 bits per heavy atom. The number of nitrogens with two attached hydrogens (primary N) is 1. The Hall–Kier alpha value is -2.70. The molecule has 0 radical (unpaired) electrons. The van der Waals surface area contributed by atoms with Crippen LogP contribution in [-0.2, 0) is 6.54 Å². The fraction of sp³-hybridized carbons (Fsp3) is 0.231. The summed E-state index contributed by atoms with van der Waals surface area (Å²) in [5.74, 6) is 0.828. The minimum atomic E-state index is 0.633. The molecule has 2 N–H and O–H groups in total. The Kier molecular flexibility index (Phi) is 3.16. The highest BCUT2D eigenvalue weighted by Crippen LogP contribution is 2.15. The van der Waals surface area contributed by atoms with Gasteiger partial charge in [-0.2, -0.15) is 0 Å². The number of nitrogens with zero attached hydrogens (tertiary/aromatic N) is 6. The maximum Gasteiger partial charge on any atom is 0.200 e. The number of hydrogen-bond donors (Lipinski definition) is 1. The van der Waals surface area contributed by atoms with Crippen LogP contribution >= 0.6 is 0 Å². The van der Waals surface area contributed by atoms with Crippen molar-refractivity contribution < 1.29 is 0 Å². The van der Waals surface area contributed by atoms with Crippen molar-refractivity contribution in [2.45, 2.75) is 13.5 Å². The van der Waals surface area contributed by atoms with Gasteiger partial charge in [-0.1, -0.05) is 12.1 Å². The molecule has 0 fully saturated rings. The summed E-state index contributed by atoms with van der Waals surface area (Å²) in [5, 5.41) is 15.6. The molecule has 0 saturated heterocycles. The van der Waals surface area contributed by atoms with Gasteiger partial charge in [-0.3, -0.25) is 0 Å². The number of benzene rings is 1. The van der Waals surface area contributed by atoms with E-state index in [1.807, 2.05) is 30.3 Å². The number of tetrazole rings is 1. The van der Waals surface area contributed by atoms with Crippen LogP contribution < -0.4 is 10.6 Å². The summed E-state index contributed by atoms with van der Waals surface area (Å²) in [4.78, 5) is 2.13. The summed E-state index contributed by atoms with van der Waals surface area (Å²) in [5.41, 5.74) is 8.35. The number of nitrogen functional groups attached to an aromatic ring is 1. The molecular formula is C13H15N7. The van der Waals surface area contributed by atoms with Crippen LogP contribution in [0.4, 0.5) is 11.5 Å². The molecule has 20 heavy (non-hydrogen) atoms. The first-order valence-corrected chi connectivity index (χ1v) is 6.41. The molecule has 2 heterocycles. The topological polar surface area (TPSA) is 85.2 Å². The molecule has 102 valence electrons. The monoisotopic (exact) mass is 269 g/mol. The van der Waals surface area contributed by atoms with Gasteiger partial charge in [0.15, 0.2) is 11.5 Å². The van der Waals surface area contributed by atoms with E-state index in [9.17, 15) is 0 Å². The third-order valence-corrected chi connectivity index (χ3v) is 3.09. The second kappa shape index (κ2) is 5.12. The molecule has 0 atom stereocenters. The van der Waals surface area contributed by atoms with E-state index >= 15 is 0 Å². The van der Waals surface area contributed by atoms with Gasteiger partial charge in [0, 0.05) is 18.8 Å². The molecule has 0 aliphatic carbocycles. The van der Waals surface area contributed by atoms with Crippen molar-refractivity contribution in [1.29, 1.82) is 0 Å². The van der Waals surface area contributed by atoms with Crippen LogP contribution in [0.2, 0.25) is 0 Å². The summed E-state index contributed by atoms with van der Waals surface area (Å²) in [6.45, 7) is 3.65. The average Bonchev–Trinajstić information content (AvgIpc) is 2.92. The molecular weight excluding hydrogens is 254 g/mol. The van der Waals surface area contributed by atoms with Crippen molar-refractivity contribution in [3.05, 3.63) is 42.0 Å². The third-order valence-electron chi connectivity index (χ3n) is 3.09. The van der Waals surface area contributed by atoms with Gasteiger partial charge in [-0.15, -0.1) is 14.8 Å². The molecule has 0 spiro atoms. The zero-order valence-corrected chi connectivity index (χ0v) is 11.1. The highest BCUT2D eigenvalue weighted by atomic mass is 15.6. The van der Waals surface area contributed by atoms with E-state index in [4.69, 9.17) is 5.73 Å². The Balaban J connectivity index is 1.88. The summed E-state index contributed by atoms with van der Waals surface area (Å²) < 4.78 is 1.43. The molecule has 7 heteroatoms. The molecule has 0 bridgehead atoms. The van der Waals surface area contributed by atoms with Crippen molar-refractivity contribution in [1.82, 2.24) is 25.3 Å². The molecule has 0 aliphatic heterocycles. The van der Waals surface area contributed by atoms with E-state index in [1.54, 1.807) is 0 Å². The molecule has 7 nitrogen and oxygen atoms in total. The highest BCUT2D eigenvalue weighted by molar-refractivity contribution is 5.46. The molecule has 0 unspecified atom stereocenters. The number of rotatable bonds is 4. The normalized spacial score (nSPS) is 10.8. The Bertz CT molecular complexity index is 721. The summed E-state index contributed by atoms with van der Waals surface area (Å²) in [7, 11) is 0. The van der Waals surface area contributed by atoms with Gasteiger partial charge < -0.3 is 10.6 Å². The SMILES string of the molecule is CCN(Cc1cccc(N)c1)c1ccc2nnnn2n1. The molecule has 3 rings (SSSR count). The second-order valence-electron chi connectivity index (χ2n) is 4.48. The molecule has 2 aromatic heterocycles. The smallest absolute Gasteiger partial charge is 0.200 e. The number of anilines is 2. The first kappa shape index (κ1) is 12.3. The maximum atomic E-state index is 5.81. The molecule has 0 aliphatic rings. The van der Waals surface area contributed by atoms with Crippen LogP contribution in [-0.4, -0.2) is 31.8 Å². The lowest BCUT2D eigenvalue weighted by Crippen LogP contribution is -2.24. The maximum absolute atomic E-state index is 5.81. The van der Waals surface area contributed by atoms with E-state index in [0.717, 1.165) is 30.2 Å². The fourth-order valence-electron chi connectivity index (χ4n) is 2.08. The zero-order valence-electron chi connectivity index (χ0n) is 11.1. The predicted molar refractivity (Wildman–Crippen MR) is 76.2 cm³/mol. The minimum absolute atomic E-state index is 0.633. The first-order valence-electron chi connectivity index (χ1n) is 6.41. The zero-order chi connectivity index (χ0) is 13.9. The number of fused-ring (bicyclic) bond motifs is 1. The standard InChI is InChI=1S/C13H15N7/c1-2-19(9-10-4-3-5-11(14)8-10)13-7-6-12-15-17-18-20(12)16-13/h3-8H,2,9,14H2,1H3. The summed E-state index contributed by atoms with van der Waals surface area (Å²) >= 11 is 0. The number of hydrogen-bond acceptors (Lipinski definition) is 6. The van der Waals surface area contributed by atoms with Gasteiger partial charge in [0.1, 0.15) is 0 Å². The van der Waals surface area contributed by atoms with Crippen LogP contribution in [0.1, 0.15) is 12.5 Å². The van der Waals surface area contributed by atoms with Gasteiger partial charge in [0.05, 0.1) is 0 Å². The lowest BCUT2D eigenvalue weighted by molar-refractivity contribution is 0.708. The third kappa shape index (κ3) is 2.37. The largest absolute Gasteiger partial charge is 0.399 e. The van der Waals surface area contributed by atoms with E-state index in [-0.39, 0.29) is 0 Å². The molecule has 0 saturated carbocycles. The Labute approximate surface area is 116 Å². The molecule has 0 amide bonds. The van der Waals surface area contributed by atoms with Gasteiger partial charge in [0.25, 0.3) is 0 Å². The van der Waals surface area contributed by atoms with Gasteiger partial charge in [0.2, 0.25) is 0 Å². The minimum Gasteiger partial charge on any atom is -0.399 e.